The topological polar surface area (TPSA) is 6.48 Å². The molecule has 96 valence electrons. The Morgan fingerprint density at radius 2 is 1.50 bits per heavy atom. The van der Waals surface area contributed by atoms with E-state index in [2.05, 4.69) is 60.3 Å². The molecule has 18 heavy (non-hydrogen) atoms. The lowest BCUT2D eigenvalue weighted by Crippen LogP contribution is -2.37. The molecule has 1 aromatic carbocycles. The van der Waals surface area contributed by atoms with Crippen LogP contribution in [0.3, 0.4) is 0 Å². The molecule has 1 aliphatic heterocycles. The summed E-state index contributed by atoms with van der Waals surface area (Å²) in [4.78, 5) is 4.97. The minimum atomic E-state index is 0.721. The van der Waals surface area contributed by atoms with Crippen LogP contribution < -0.4 is 0 Å². The first-order valence-electron chi connectivity index (χ1n) is 7.00. The smallest absolute Gasteiger partial charge is 0.105 e. The Morgan fingerprint density at radius 3 is 2.06 bits per heavy atom. The van der Waals surface area contributed by atoms with Crippen LogP contribution in [0.15, 0.2) is 36.2 Å². The van der Waals surface area contributed by atoms with Crippen LogP contribution in [-0.2, 0) is 0 Å². The summed E-state index contributed by atoms with van der Waals surface area (Å²) in [6.45, 7) is 0. The Morgan fingerprint density at radius 1 is 0.944 bits per heavy atom. The molecular formula is C16H22N2. The van der Waals surface area contributed by atoms with E-state index < -0.39 is 0 Å². The molecule has 2 fully saturated rings. The van der Waals surface area contributed by atoms with Gasteiger partial charge in [-0.15, -0.1) is 0 Å². The first kappa shape index (κ1) is 11.6. The van der Waals surface area contributed by atoms with Gasteiger partial charge in [-0.2, -0.15) is 0 Å². The third-order valence-electron chi connectivity index (χ3n) is 4.51. The minimum absolute atomic E-state index is 0.721. The molecule has 1 heterocycles. The summed E-state index contributed by atoms with van der Waals surface area (Å²) in [5.41, 5.74) is 1.30. The van der Waals surface area contributed by atoms with E-state index in [1.54, 1.807) is 0 Å². The highest BCUT2D eigenvalue weighted by atomic mass is 15.4. The van der Waals surface area contributed by atoms with Crippen molar-refractivity contribution in [3.8, 4) is 0 Å². The van der Waals surface area contributed by atoms with Crippen molar-refractivity contribution in [2.45, 2.75) is 37.8 Å². The van der Waals surface area contributed by atoms with E-state index in [4.69, 9.17) is 0 Å². The standard InChI is InChI=1S/C16H22N2/c1-17-14-10-6-7-11-15(14)18(2)16(17)12-13-8-4-3-5-9-13/h3-5,8-9,12,14-15H,6-7,10-11H2,1-2H3. The molecule has 2 nitrogen and oxygen atoms in total. The van der Waals surface area contributed by atoms with E-state index in [1.807, 2.05) is 0 Å². The van der Waals surface area contributed by atoms with Gasteiger partial charge in [0.1, 0.15) is 5.82 Å². The zero-order chi connectivity index (χ0) is 12.5. The Labute approximate surface area is 110 Å². The molecule has 2 heteroatoms. The van der Waals surface area contributed by atoms with Gasteiger partial charge >= 0.3 is 0 Å². The van der Waals surface area contributed by atoms with E-state index in [0.29, 0.717) is 0 Å². The van der Waals surface area contributed by atoms with Crippen molar-refractivity contribution >= 4 is 6.08 Å². The largest absolute Gasteiger partial charge is 0.356 e. The molecular weight excluding hydrogens is 220 g/mol. The summed E-state index contributed by atoms with van der Waals surface area (Å²) >= 11 is 0. The van der Waals surface area contributed by atoms with Gasteiger partial charge in [-0.1, -0.05) is 43.2 Å². The fourth-order valence-corrected chi connectivity index (χ4v) is 3.49. The fraction of sp³-hybridized carbons (Fsp3) is 0.500. The predicted octanol–water partition coefficient (Wildman–Crippen LogP) is 3.17. The number of benzene rings is 1. The molecule has 3 rings (SSSR count). The fourth-order valence-electron chi connectivity index (χ4n) is 3.49. The summed E-state index contributed by atoms with van der Waals surface area (Å²) < 4.78 is 0. The summed E-state index contributed by atoms with van der Waals surface area (Å²) in [7, 11) is 4.50. The Kier molecular flexibility index (Phi) is 3.02. The zero-order valence-corrected chi connectivity index (χ0v) is 11.3. The van der Waals surface area contributed by atoms with Crippen molar-refractivity contribution in [2.24, 2.45) is 0 Å². The molecule has 0 bridgehead atoms. The third-order valence-corrected chi connectivity index (χ3v) is 4.51. The molecule has 0 aromatic heterocycles. The minimum Gasteiger partial charge on any atom is -0.356 e. The van der Waals surface area contributed by atoms with Crippen LogP contribution in [0, 0.1) is 0 Å². The van der Waals surface area contributed by atoms with Crippen LogP contribution in [-0.4, -0.2) is 36.0 Å². The molecule has 0 spiro atoms. The summed E-state index contributed by atoms with van der Waals surface area (Å²) in [5.74, 6) is 1.37. The monoisotopic (exact) mass is 242 g/mol. The predicted molar refractivity (Wildman–Crippen MR) is 76.0 cm³/mol. The van der Waals surface area contributed by atoms with E-state index in [0.717, 1.165) is 12.1 Å². The van der Waals surface area contributed by atoms with Gasteiger partial charge in [0.25, 0.3) is 0 Å². The van der Waals surface area contributed by atoms with Crippen molar-refractivity contribution < 1.29 is 0 Å². The Hall–Kier alpha value is -1.44. The number of nitrogens with zero attached hydrogens (tertiary/aromatic N) is 2. The lowest BCUT2D eigenvalue weighted by molar-refractivity contribution is 0.233. The maximum absolute atomic E-state index is 2.48. The quantitative estimate of drug-likeness (QED) is 0.746. The average Bonchev–Trinajstić information content (AvgIpc) is 2.66. The number of likely N-dealkylation sites (N-methyl/N-ethyl adjacent to an activating group) is 2. The van der Waals surface area contributed by atoms with Crippen LogP contribution in [0.5, 0.6) is 0 Å². The molecule has 2 unspecified atom stereocenters. The van der Waals surface area contributed by atoms with E-state index >= 15 is 0 Å². The van der Waals surface area contributed by atoms with E-state index in [1.165, 1.54) is 37.1 Å². The van der Waals surface area contributed by atoms with Crippen molar-refractivity contribution in [1.29, 1.82) is 0 Å². The van der Waals surface area contributed by atoms with E-state index in [9.17, 15) is 0 Å². The molecule has 1 aliphatic carbocycles. The van der Waals surface area contributed by atoms with Crippen LogP contribution in [0.1, 0.15) is 31.2 Å². The second-order valence-corrected chi connectivity index (χ2v) is 5.55. The summed E-state index contributed by atoms with van der Waals surface area (Å²) in [5, 5.41) is 0. The molecule has 2 atom stereocenters. The van der Waals surface area contributed by atoms with Gasteiger partial charge in [0.15, 0.2) is 0 Å². The normalized spacial score (nSPS) is 27.3. The highest BCUT2D eigenvalue weighted by Crippen LogP contribution is 2.36. The number of hydrogen-bond acceptors (Lipinski definition) is 2. The third kappa shape index (κ3) is 1.90. The number of rotatable bonds is 1. The summed E-state index contributed by atoms with van der Waals surface area (Å²) in [6.07, 6.45) is 7.78. The van der Waals surface area contributed by atoms with Crippen LogP contribution in [0.4, 0.5) is 0 Å². The van der Waals surface area contributed by atoms with Gasteiger partial charge < -0.3 is 9.80 Å². The first-order chi connectivity index (χ1) is 8.77. The van der Waals surface area contributed by atoms with Crippen molar-refractivity contribution in [3.63, 3.8) is 0 Å². The number of fused-ring (bicyclic) bond motifs is 1. The molecule has 0 amide bonds. The highest BCUT2D eigenvalue weighted by Gasteiger charge is 2.39. The molecule has 0 radical (unpaired) electrons. The van der Waals surface area contributed by atoms with Gasteiger partial charge in [-0.05, 0) is 24.5 Å². The van der Waals surface area contributed by atoms with Gasteiger partial charge in [0, 0.05) is 14.1 Å². The number of hydrogen-bond donors (Lipinski definition) is 0. The Balaban J connectivity index is 1.90. The van der Waals surface area contributed by atoms with E-state index in [-0.39, 0.29) is 0 Å². The van der Waals surface area contributed by atoms with Crippen molar-refractivity contribution in [1.82, 2.24) is 9.80 Å². The maximum atomic E-state index is 2.48. The summed E-state index contributed by atoms with van der Waals surface area (Å²) in [6, 6.07) is 12.1. The lowest BCUT2D eigenvalue weighted by Gasteiger charge is -2.30. The SMILES string of the molecule is CN1C(=Cc2ccccc2)N(C)C2CCCCC21. The Bertz CT molecular complexity index is 418. The molecule has 1 aromatic rings. The van der Waals surface area contributed by atoms with Crippen molar-refractivity contribution in [3.05, 3.63) is 41.7 Å². The first-order valence-corrected chi connectivity index (χ1v) is 7.00. The van der Waals surface area contributed by atoms with Gasteiger partial charge in [-0.3, -0.25) is 0 Å². The zero-order valence-electron chi connectivity index (χ0n) is 11.3. The van der Waals surface area contributed by atoms with Gasteiger partial charge in [0.2, 0.25) is 0 Å². The lowest BCUT2D eigenvalue weighted by atomic mass is 9.91. The van der Waals surface area contributed by atoms with Crippen molar-refractivity contribution in [2.75, 3.05) is 14.1 Å². The molecule has 1 saturated heterocycles. The van der Waals surface area contributed by atoms with Gasteiger partial charge in [0.05, 0.1) is 12.1 Å². The second kappa shape index (κ2) is 4.68. The van der Waals surface area contributed by atoms with Crippen LogP contribution >= 0.6 is 0 Å². The molecule has 1 saturated carbocycles. The average molecular weight is 242 g/mol. The van der Waals surface area contributed by atoms with Gasteiger partial charge in [-0.25, -0.2) is 0 Å². The molecule has 0 N–H and O–H groups in total. The second-order valence-electron chi connectivity index (χ2n) is 5.55. The maximum Gasteiger partial charge on any atom is 0.105 e. The highest BCUT2D eigenvalue weighted by molar-refractivity contribution is 5.52. The van der Waals surface area contributed by atoms with Crippen LogP contribution in [0.25, 0.3) is 6.08 Å². The van der Waals surface area contributed by atoms with Crippen LogP contribution in [0.2, 0.25) is 0 Å². The molecule has 2 aliphatic rings.